The third-order valence-corrected chi connectivity index (χ3v) is 16.3. The van der Waals surface area contributed by atoms with Gasteiger partial charge in [-0.3, -0.25) is 9.59 Å². The van der Waals surface area contributed by atoms with Crippen LogP contribution in [-0.2, 0) is 19.1 Å². The van der Waals surface area contributed by atoms with Crippen LogP contribution < -0.4 is 0 Å². The molecule has 0 saturated heterocycles. The van der Waals surface area contributed by atoms with E-state index in [0.29, 0.717) is 12.8 Å². The molecule has 0 aromatic heterocycles. The van der Waals surface area contributed by atoms with Gasteiger partial charge >= 0.3 is 11.9 Å². The Kier molecular flexibility index (Phi) is 72.3. The molecule has 5 heteroatoms. The first kappa shape index (κ1) is 82.3. The fraction of sp³-hybridized carbons (Fsp3) is 0.728. The summed E-state index contributed by atoms with van der Waals surface area (Å²) in [5.41, 5.74) is 0. The maximum atomic E-state index is 12.4. The number of allylic oxidation sites excluding steroid dienone is 20. The van der Waals surface area contributed by atoms with E-state index in [1.54, 1.807) is 0 Å². The van der Waals surface area contributed by atoms with Crippen molar-refractivity contribution in [3.05, 3.63) is 122 Å². The Morgan fingerprint density at radius 3 is 0.698 bits per heavy atom. The molecule has 1 atom stereocenters. The summed E-state index contributed by atoms with van der Waals surface area (Å²) in [6.07, 6.45) is 111. The lowest BCUT2D eigenvalue weighted by Crippen LogP contribution is -2.28. The van der Waals surface area contributed by atoms with Crippen molar-refractivity contribution in [3.63, 3.8) is 0 Å². The van der Waals surface area contributed by atoms with Gasteiger partial charge in [0.2, 0.25) is 0 Å². The van der Waals surface area contributed by atoms with Gasteiger partial charge in [0.05, 0.1) is 6.61 Å². The highest BCUT2D eigenvalue weighted by atomic mass is 16.6. The zero-order valence-corrected chi connectivity index (χ0v) is 56.8. The van der Waals surface area contributed by atoms with Crippen LogP contribution in [0.5, 0.6) is 0 Å². The zero-order valence-electron chi connectivity index (χ0n) is 56.8. The minimum atomic E-state index is -0.779. The number of carbonyl (C=O) groups excluding carboxylic acids is 2. The number of unbranched alkanes of at least 4 members (excludes halogenated alkanes) is 40. The van der Waals surface area contributed by atoms with E-state index in [-0.39, 0.29) is 25.2 Å². The Hall–Kier alpha value is -3.70. The minimum absolute atomic E-state index is 0.0670. The third kappa shape index (κ3) is 72.8. The summed E-state index contributed by atoms with van der Waals surface area (Å²) in [5, 5.41) is 9.71. The molecule has 1 unspecified atom stereocenters. The molecule has 0 fully saturated rings. The van der Waals surface area contributed by atoms with Gasteiger partial charge in [0.25, 0.3) is 0 Å². The van der Waals surface area contributed by atoms with Crippen LogP contribution in [0.1, 0.15) is 361 Å². The van der Waals surface area contributed by atoms with Crippen LogP contribution in [0.4, 0.5) is 0 Å². The highest BCUT2D eigenvalue weighted by Crippen LogP contribution is 2.18. The Labute approximate surface area is 534 Å². The average molecular weight is 1190 g/mol. The van der Waals surface area contributed by atoms with Crippen molar-refractivity contribution >= 4 is 11.9 Å². The van der Waals surface area contributed by atoms with Crippen LogP contribution in [0.25, 0.3) is 0 Å². The van der Waals surface area contributed by atoms with Gasteiger partial charge in [-0.1, -0.05) is 367 Å². The van der Waals surface area contributed by atoms with Crippen LogP contribution in [0, 0.1) is 0 Å². The SMILES string of the molecule is CC/C=C\C/C=C\C/C=C\C/C=C\C/C=C\C/C=C\CCCCCCCCCCCCCCC(=O)OC(CO)COC(=O)CCCCCCCCCCCCCCCCCCCCCCCCCCCCCC/C=C\C/C=C\C/C=C\C/C=C\CC. The van der Waals surface area contributed by atoms with Crippen LogP contribution in [0.2, 0.25) is 0 Å². The van der Waals surface area contributed by atoms with Gasteiger partial charge in [0.1, 0.15) is 6.61 Å². The van der Waals surface area contributed by atoms with E-state index in [9.17, 15) is 14.7 Å². The van der Waals surface area contributed by atoms with Crippen LogP contribution >= 0.6 is 0 Å². The van der Waals surface area contributed by atoms with E-state index in [4.69, 9.17) is 9.47 Å². The molecular weight excluding hydrogens is 1050 g/mol. The lowest BCUT2D eigenvalue weighted by atomic mass is 10.0. The number of hydrogen-bond acceptors (Lipinski definition) is 5. The number of carbonyl (C=O) groups is 2. The monoisotopic (exact) mass is 1190 g/mol. The summed E-state index contributed by atoms with van der Waals surface area (Å²) >= 11 is 0. The van der Waals surface area contributed by atoms with Gasteiger partial charge < -0.3 is 14.6 Å². The van der Waals surface area contributed by atoms with Crippen LogP contribution in [0.15, 0.2) is 122 Å². The molecule has 494 valence electrons. The number of esters is 2. The zero-order chi connectivity index (χ0) is 61.9. The second-order valence-corrected chi connectivity index (χ2v) is 24.6. The number of hydrogen-bond donors (Lipinski definition) is 1. The summed E-state index contributed by atoms with van der Waals surface area (Å²) in [6, 6.07) is 0. The molecule has 0 heterocycles. The molecule has 0 bridgehead atoms. The number of aliphatic hydroxyl groups is 1. The first-order chi connectivity index (χ1) is 42.6. The molecule has 0 aliphatic rings. The fourth-order valence-electron chi connectivity index (χ4n) is 10.8. The van der Waals surface area contributed by atoms with Crippen molar-refractivity contribution in [2.75, 3.05) is 13.2 Å². The first-order valence-corrected chi connectivity index (χ1v) is 37.1. The third-order valence-electron chi connectivity index (χ3n) is 16.3. The van der Waals surface area contributed by atoms with Gasteiger partial charge in [-0.25, -0.2) is 0 Å². The lowest BCUT2D eigenvalue weighted by Gasteiger charge is -2.15. The molecule has 0 rings (SSSR count). The molecule has 0 aliphatic heterocycles. The van der Waals surface area contributed by atoms with Crippen molar-refractivity contribution in [1.82, 2.24) is 0 Å². The second-order valence-electron chi connectivity index (χ2n) is 24.6. The maximum absolute atomic E-state index is 12.4. The predicted molar refractivity (Wildman–Crippen MR) is 380 cm³/mol. The first-order valence-electron chi connectivity index (χ1n) is 37.1. The van der Waals surface area contributed by atoms with Crippen LogP contribution in [-0.4, -0.2) is 36.4 Å². The highest BCUT2D eigenvalue weighted by molar-refractivity contribution is 5.70. The topological polar surface area (TPSA) is 72.8 Å². The van der Waals surface area contributed by atoms with Gasteiger partial charge in [-0.15, -0.1) is 0 Å². The minimum Gasteiger partial charge on any atom is -0.462 e. The molecular formula is C81H140O5. The van der Waals surface area contributed by atoms with Gasteiger partial charge in [0.15, 0.2) is 6.10 Å². The molecule has 86 heavy (non-hydrogen) atoms. The molecule has 0 saturated carbocycles. The van der Waals surface area contributed by atoms with E-state index < -0.39 is 6.10 Å². The number of ether oxygens (including phenoxy) is 2. The summed E-state index contributed by atoms with van der Waals surface area (Å²) in [6.45, 7) is 3.95. The van der Waals surface area contributed by atoms with Gasteiger partial charge in [-0.2, -0.15) is 0 Å². The second kappa shape index (κ2) is 75.5. The Bertz CT molecular complexity index is 1690. The number of aliphatic hydroxyl groups excluding tert-OH is 1. The summed E-state index contributed by atoms with van der Waals surface area (Å²) < 4.78 is 10.8. The van der Waals surface area contributed by atoms with Crippen molar-refractivity contribution in [2.24, 2.45) is 0 Å². The summed E-state index contributed by atoms with van der Waals surface area (Å²) in [5.74, 6) is -0.581. The molecule has 0 amide bonds. The largest absolute Gasteiger partial charge is 0.462 e. The van der Waals surface area contributed by atoms with Gasteiger partial charge in [-0.05, 0) is 103 Å². The molecule has 5 nitrogen and oxygen atoms in total. The quantitative estimate of drug-likeness (QED) is 0.0373. The van der Waals surface area contributed by atoms with Crippen molar-refractivity contribution in [2.45, 2.75) is 367 Å². The molecule has 0 aromatic rings. The van der Waals surface area contributed by atoms with Crippen molar-refractivity contribution in [1.29, 1.82) is 0 Å². The molecule has 1 N–H and O–H groups in total. The average Bonchev–Trinajstić information content (AvgIpc) is 3.55. The van der Waals surface area contributed by atoms with Crippen molar-refractivity contribution in [3.8, 4) is 0 Å². The van der Waals surface area contributed by atoms with Crippen molar-refractivity contribution < 1.29 is 24.2 Å². The number of rotatable bonds is 68. The predicted octanol–water partition coefficient (Wildman–Crippen LogP) is 26.1. The molecule has 0 aromatic carbocycles. The fourth-order valence-corrected chi connectivity index (χ4v) is 10.8. The normalized spacial score (nSPS) is 12.9. The molecule has 0 spiro atoms. The van der Waals surface area contributed by atoms with E-state index in [1.165, 1.54) is 231 Å². The maximum Gasteiger partial charge on any atom is 0.306 e. The Morgan fingerprint density at radius 2 is 0.465 bits per heavy atom. The highest BCUT2D eigenvalue weighted by Gasteiger charge is 2.16. The van der Waals surface area contributed by atoms with E-state index in [2.05, 4.69) is 135 Å². The standard InChI is InChI=1S/C81H140O5/c1-3-5-7-9-11-13-15-17-19-21-23-25-27-29-31-33-35-36-37-38-39-40-41-42-43-44-46-47-49-51-53-55-57-59-61-63-65-67-69-71-73-75-80(83)85-78-79(77-82)86-81(84)76-74-72-70-68-66-64-62-60-58-56-54-52-50-48-45-34-32-30-28-26-24-22-20-18-16-14-12-10-8-6-4-2/h5-8,11-14,17-20,23-26,30,32,45,48,79,82H,3-4,9-10,15-16,21-22,27-29,31,33-44,46-47,49-78H2,1-2H3/b7-5-,8-6-,13-11-,14-12-,19-17-,20-18-,25-23-,26-24-,32-30-,48-45-. The van der Waals surface area contributed by atoms with E-state index in [0.717, 1.165) is 103 Å². The van der Waals surface area contributed by atoms with Gasteiger partial charge in [0, 0.05) is 12.8 Å². The molecule has 0 aliphatic carbocycles. The van der Waals surface area contributed by atoms with Crippen LogP contribution in [0.3, 0.4) is 0 Å². The lowest BCUT2D eigenvalue weighted by molar-refractivity contribution is -0.161. The molecule has 0 radical (unpaired) electrons. The van der Waals surface area contributed by atoms with E-state index >= 15 is 0 Å². The van der Waals surface area contributed by atoms with E-state index in [1.807, 2.05) is 0 Å². The summed E-state index contributed by atoms with van der Waals surface area (Å²) in [4.78, 5) is 24.7. The Morgan fingerprint density at radius 1 is 0.267 bits per heavy atom. The smallest absolute Gasteiger partial charge is 0.306 e. The Balaban J connectivity index is 3.42. The summed E-state index contributed by atoms with van der Waals surface area (Å²) in [7, 11) is 0.